The van der Waals surface area contributed by atoms with Crippen LogP contribution in [-0.2, 0) is 14.3 Å². The molecule has 4 nitrogen and oxygen atoms in total. The molecule has 0 saturated heterocycles. The van der Waals surface area contributed by atoms with Crippen molar-refractivity contribution in [3.05, 3.63) is 0 Å². The molecule has 0 aromatic heterocycles. The van der Waals surface area contributed by atoms with Crippen molar-refractivity contribution < 1.29 is 45.1 Å². The quantitative estimate of drug-likeness (QED) is 0.0914. The Bertz CT molecular complexity index is 613. The van der Waals surface area contributed by atoms with E-state index >= 15 is 0 Å². The molecule has 1 atom stereocenters. The zero-order chi connectivity index (χ0) is 27.7. The van der Waals surface area contributed by atoms with Gasteiger partial charge in [-0.25, -0.2) is 4.79 Å². The molecule has 1 N–H and O–H groups in total. The third-order valence-electron chi connectivity index (χ3n) is 5.98. The SMILES string of the molecule is CCCCCCCCCCCCCCCCCCOC(=O)[C@H](C)NC(=O)C(F)(F)C(F)(F)C(F)(F)F. The molecule has 0 fully saturated rings. The number of esters is 1. The Hall–Kier alpha value is -1.55. The van der Waals surface area contributed by atoms with Crippen LogP contribution in [0, 0.1) is 0 Å². The number of nitrogens with one attached hydrogen (secondary N) is 1. The van der Waals surface area contributed by atoms with E-state index in [0.29, 0.717) is 6.42 Å². The number of ether oxygens (including phenoxy) is 1. The van der Waals surface area contributed by atoms with E-state index in [1.165, 1.54) is 70.6 Å². The summed E-state index contributed by atoms with van der Waals surface area (Å²) in [4.78, 5) is 23.0. The number of carbonyl (C=O) groups is 2. The summed E-state index contributed by atoms with van der Waals surface area (Å²) in [5.74, 6) is -16.8. The Morgan fingerprint density at radius 2 is 1.03 bits per heavy atom. The van der Waals surface area contributed by atoms with E-state index in [0.717, 1.165) is 37.9 Å². The van der Waals surface area contributed by atoms with Gasteiger partial charge in [0.15, 0.2) is 0 Å². The second kappa shape index (κ2) is 17.8. The second-order valence-corrected chi connectivity index (χ2v) is 9.31. The van der Waals surface area contributed by atoms with Crippen LogP contribution in [0.5, 0.6) is 0 Å². The third kappa shape index (κ3) is 13.1. The molecule has 0 unspecified atom stereocenters. The van der Waals surface area contributed by atoms with Gasteiger partial charge in [-0.1, -0.05) is 103 Å². The van der Waals surface area contributed by atoms with E-state index in [2.05, 4.69) is 6.92 Å². The number of alkyl halides is 7. The highest BCUT2D eigenvalue weighted by atomic mass is 19.4. The van der Waals surface area contributed by atoms with Crippen LogP contribution >= 0.6 is 0 Å². The highest BCUT2D eigenvalue weighted by molar-refractivity contribution is 5.89. The van der Waals surface area contributed by atoms with Crippen molar-refractivity contribution in [3.8, 4) is 0 Å². The van der Waals surface area contributed by atoms with Crippen LogP contribution in [0.3, 0.4) is 0 Å². The number of carbonyl (C=O) groups excluding carboxylic acids is 2. The maximum Gasteiger partial charge on any atom is 0.460 e. The van der Waals surface area contributed by atoms with Crippen LogP contribution in [0.25, 0.3) is 0 Å². The van der Waals surface area contributed by atoms with Crippen molar-refractivity contribution in [2.45, 2.75) is 141 Å². The van der Waals surface area contributed by atoms with Crippen molar-refractivity contribution in [1.29, 1.82) is 0 Å². The molecule has 0 aromatic rings. The van der Waals surface area contributed by atoms with Gasteiger partial charge in [0.1, 0.15) is 6.04 Å². The Morgan fingerprint density at radius 3 is 1.39 bits per heavy atom. The minimum absolute atomic E-state index is 0.0768. The highest BCUT2D eigenvalue weighted by Gasteiger charge is 2.76. The molecule has 1 amide bonds. The van der Waals surface area contributed by atoms with Crippen molar-refractivity contribution >= 4 is 11.9 Å². The van der Waals surface area contributed by atoms with Crippen LogP contribution in [0.4, 0.5) is 30.7 Å². The molecule has 36 heavy (non-hydrogen) atoms. The van der Waals surface area contributed by atoms with Gasteiger partial charge < -0.3 is 10.1 Å². The van der Waals surface area contributed by atoms with Gasteiger partial charge in [-0.2, -0.15) is 30.7 Å². The predicted octanol–water partition coefficient (Wildman–Crippen LogP) is 8.13. The van der Waals surface area contributed by atoms with Gasteiger partial charge in [-0.15, -0.1) is 0 Å². The molecule has 0 aliphatic heterocycles. The van der Waals surface area contributed by atoms with E-state index in [1.54, 1.807) is 0 Å². The van der Waals surface area contributed by atoms with Crippen molar-refractivity contribution in [3.63, 3.8) is 0 Å². The van der Waals surface area contributed by atoms with Crippen LogP contribution < -0.4 is 5.32 Å². The van der Waals surface area contributed by atoms with Crippen molar-refractivity contribution in [2.75, 3.05) is 6.61 Å². The molecule has 0 heterocycles. The smallest absolute Gasteiger partial charge is 0.460 e. The third-order valence-corrected chi connectivity index (χ3v) is 5.98. The first-order valence-electron chi connectivity index (χ1n) is 13.1. The maximum atomic E-state index is 13.3. The molecule has 0 bridgehead atoms. The van der Waals surface area contributed by atoms with Gasteiger partial charge in [0.2, 0.25) is 0 Å². The average Bonchev–Trinajstić information content (AvgIpc) is 2.79. The lowest BCUT2D eigenvalue weighted by Gasteiger charge is -2.27. The van der Waals surface area contributed by atoms with E-state index in [-0.39, 0.29) is 6.61 Å². The summed E-state index contributed by atoms with van der Waals surface area (Å²) in [7, 11) is 0. The first-order chi connectivity index (χ1) is 16.8. The predicted molar refractivity (Wildman–Crippen MR) is 124 cm³/mol. The summed E-state index contributed by atoms with van der Waals surface area (Å²) in [6.07, 6.45) is 11.8. The minimum Gasteiger partial charge on any atom is -0.464 e. The molecule has 0 saturated carbocycles. The Labute approximate surface area is 210 Å². The number of amides is 1. The first-order valence-corrected chi connectivity index (χ1v) is 13.1. The molecule has 0 aromatic carbocycles. The molecule has 0 aliphatic rings. The fraction of sp³-hybridized carbons (Fsp3) is 0.920. The standard InChI is InChI=1S/C25H42F7NO3/c1-3-4-5-6-7-8-9-10-11-12-13-14-15-16-17-18-19-36-21(34)20(2)33-22(35)23(26,27)24(28,29)25(30,31)32/h20H,3-19H2,1-2H3,(H,33,35)/t20-/m0/s1. The number of unbranched alkanes of at least 4 members (excludes halogenated alkanes) is 15. The van der Waals surface area contributed by atoms with E-state index in [1.807, 2.05) is 0 Å². The van der Waals surface area contributed by atoms with Gasteiger partial charge in [0.05, 0.1) is 6.61 Å². The average molecular weight is 538 g/mol. The normalized spacial score (nSPS) is 13.5. The van der Waals surface area contributed by atoms with Gasteiger partial charge in [0, 0.05) is 0 Å². The summed E-state index contributed by atoms with van der Waals surface area (Å²) in [5.41, 5.74) is 0. The van der Waals surface area contributed by atoms with Crippen molar-refractivity contribution in [2.24, 2.45) is 0 Å². The monoisotopic (exact) mass is 537 g/mol. The number of hydrogen-bond acceptors (Lipinski definition) is 3. The van der Waals surface area contributed by atoms with Gasteiger partial charge in [-0.05, 0) is 13.3 Å². The Balaban J connectivity index is 3.81. The zero-order valence-corrected chi connectivity index (χ0v) is 21.5. The Morgan fingerprint density at radius 1 is 0.667 bits per heavy atom. The minimum atomic E-state index is -6.63. The summed E-state index contributed by atoms with van der Waals surface area (Å²) in [5, 5.41) is 1.16. The summed E-state index contributed by atoms with van der Waals surface area (Å²) in [6.45, 7) is 3.00. The molecule has 0 aliphatic carbocycles. The van der Waals surface area contributed by atoms with Gasteiger partial charge >= 0.3 is 24.0 Å². The molecule has 0 radical (unpaired) electrons. The highest BCUT2D eigenvalue weighted by Crippen LogP contribution is 2.46. The summed E-state index contributed by atoms with van der Waals surface area (Å²) >= 11 is 0. The zero-order valence-electron chi connectivity index (χ0n) is 21.5. The van der Waals surface area contributed by atoms with Gasteiger partial charge in [0.25, 0.3) is 5.91 Å². The summed E-state index contributed by atoms with van der Waals surface area (Å²) < 4.78 is 93.6. The van der Waals surface area contributed by atoms with E-state index in [9.17, 15) is 40.3 Å². The second-order valence-electron chi connectivity index (χ2n) is 9.31. The molecular weight excluding hydrogens is 495 g/mol. The fourth-order valence-electron chi connectivity index (χ4n) is 3.61. The number of rotatable bonds is 21. The first kappa shape index (κ1) is 34.5. The van der Waals surface area contributed by atoms with Crippen LogP contribution in [0.1, 0.15) is 117 Å². The molecule has 0 spiro atoms. The number of halogens is 7. The maximum absolute atomic E-state index is 13.3. The fourth-order valence-corrected chi connectivity index (χ4v) is 3.61. The largest absolute Gasteiger partial charge is 0.464 e. The lowest BCUT2D eigenvalue weighted by molar-refractivity contribution is -0.344. The lowest BCUT2D eigenvalue weighted by atomic mass is 10.0. The Kier molecular flexibility index (Phi) is 17.1. The number of hydrogen-bond donors (Lipinski definition) is 1. The molecule has 0 rings (SSSR count). The molecule has 214 valence electrons. The molecule has 11 heteroatoms. The van der Waals surface area contributed by atoms with Crippen LogP contribution in [0.15, 0.2) is 0 Å². The lowest BCUT2D eigenvalue weighted by Crippen LogP contribution is -2.61. The molecular formula is C25H42F7NO3. The van der Waals surface area contributed by atoms with Crippen LogP contribution in [0.2, 0.25) is 0 Å². The van der Waals surface area contributed by atoms with Gasteiger partial charge in [-0.3, -0.25) is 4.79 Å². The van der Waals surface area contributed by atoms with Crippen molar-refractivity contribution in [1.82, 2.24) is 5.32 Å². The van der Waals surface area contributed by atoms with Crippen LogP contribution in [-0.4, -0.2) is 42.5 Å². The topological polar surface area (TPSA) is 55.4 Å². The van der Waals surface area contributed by atoms with E-state index in [4.69, 9.17) is 4.74 Å². The summed E-state index contributed by atoms with van der Waals surface area (Å²) in [6, 6.07) is -1.81. The van der Waals surface area contributed by atoms with E-state index < -0.39 is 35.9 Å².